The zero-order valence-electron chi connectivity index (χ0n) is 11.1. The Labute approximate surface area is 127 Å². The van der Waals surface area contributed by atoms with Crippen molar-refractivity contribution in [2.75, 3.05) is 10.5 Å². The summed E-state index contributed by atoms with van der Waals surface area (Å²) in [7, 11) is -3.70. The molecule has 106 valence electrons. The number of benzene rings is 2. The molecule has 0 radical (unpaired) electrons. The molecule has 0 saturated carbocycles. The monoisotopic (exact) mass is 354 g/mol. The fraction of sp³-hybridized carbons (Fsp3) is 0.143. The Morgan fingerprint density at radius 2 is 1.75 bits per heavy atom. The number of nitrogens with one attached hydrogen (secondary N) is 1. The van der Waals surface area contributed by atoms with E-state index in [2.05, 4.69) is 20.7 Å². The van der Waals surface area contributed by atoms with E-state index in [1.165, 1.54) is 0 Å². The first-order valence-corrected chi connectivity index (χ1v) is 8.22. The molecule has 0 aliphatic rings. The number of hydrogen-bond acceptors (Lipinski definition) is 3. The lowest BCUT2D eigenvalue weighted by atomic mass is 10.1. The van der Waals surface area contributed by atoms with Gasteiger partial charge in [0.2, 0.25) is 0 Å². The highest BCUT2D eigenvalue weighted by Crippen LogP contribution is 2.25. The maximum Gasteiger partial charge on any atom is 0.263 e. The maximum absolute atomic E-state index is 12.4. The molecule has 0 spiro atoms. The molecular formula is C14H15BrN2O2S. The van der Waals surface area contributed by atoms with Gasteiger partial charge >= 0.3 is 0 Å². The SMILES string of the molecule is Cc1cc(N)c(S(=O)(=O)Nc2cccc(Br)c2)cc1C. The smallest absolute Gasteiger partial charge is 0.263 e. The third-order valence-corrected chi connectivity index (χ3v) is 4.92. The Morgan fingerprint density at radius 3 is 2.40 bits per heavy atom. The van der Waals surface area contributed by atoms with Crippen LogP contribution >= 0.6 is 15.9 Å². The van der Waals surface area contributed by atoms with Crippen LogP contribution in [0.1, 0.15) is 11.1 Å². The van der Waals surface area contributed by atoms with Gasteiger partial charge in [-0.3, -0.25) is 4.72 Å². The van der Waals surface area contributed by atoms with Gasteiger partial charge in [-0.1, -0.05) is 22.0 Å². The van der Waals surface area contributed by atoms with Crippen molar-refractivity contribution in [2.24, 2.45) is 0 Å². The Balaban J connectivity index is 2.43. The number of aryl methyl sites for hydroxylation is 2. The van der Waals surface area contributed by atoms with E-state index in [-0.39, 0.29) is 10.6 Å². The molecule has 0 bridgehead atoms. The summed E-state index contributed by atoms with van der Waals surface area (Å²) in [6.45, 7) is 3.75. The highest BCUT2D eigenvalue weighted by molar-refractivity contribution is 9.10. The van der Waals surface area contributed by atoms with E-state index >= 15 is 0 Å². The molecule has 0 aliphatic carbocycles. The fourth-order valence-corrected chi connectivity index (χ4v) is 3.45. The first kappa shape index (κ1) is 14.9. The Hall–Kier alpha value is -1.53. The topological polar surface area (TPSA) is 72.2 Å². The minimum Gasteiger partial charge on any atom is -0.398 e. The molecule has 0 saturated heterocycles. The fourth-order valence-electron chi connectivity index (χ4n) is 1.81. The van der Waals surface area contributed by atoms with Crippen LogP contribution in [0.2, 0.25) is 0 Å². The summed E-state index contributed by atoms with van der Waals surface area (Å²) in [6.07, 6.45) is 0. The third-order valence-electron chi connectivity index (χ3n) is 2.99. The first-order chi connectivity index (χ1) is 9.29. The van der Waals surface area contributed by atoms with Crippen LogP contribution in [-0.4, -0.2) is 8.42 Å². The lowest BCUT2D eigenvalue weighted by Gasteiger charge is -2.12. The van der Waals surface area contributed by atoms with E-state index in [1.54, 1.807) is 30.3 Å². The van der Waals surface area contributed by atoms with Crippen LogP contribution in [0, 0.1) is 13.8 Å². The van der Waals surface area contributed by atoms with Crippen molar-refractivity contribution in [3.63, 3.8) is 0 Å². The molecule has 4 nitrogen and oxygen atoms in total. The van der Waals surface area contributed by atoms with E-state index in [1.807, 2.05) is 19.9 Å². The van der Waals surface area contributed by atoms with Gasteiger partial charge in [-0.05, 0) is 55.3 Å². The normalized spacial score (nSPS) is 11.3. The summed E-state index contributed by atoms with van der Waals surface area (Å²) in [4.78, 5) is 0.0978. The van der Waals surface area contributed by atoms with Crippen molar-refractivity contribution in [2.45, 2.75) is 18.7 Å². The van der Waals surface area contributed by atoms with Gasteiger partial charge in [0.05, 0.1) is 5.69 Å². The van der Waals surface area contributed by atoms with Crippen molar-refractivity contribution in [3.8, 4) is 0 Å². The lowest BCUT2D eigenvalue weighted by molar-refractivity contribution is 0.601. The number of hydrogen-bond donors (Lipinski definition) is 2. The minimum atomic E-state index is -3.70. The van der Waals surface area contributed by atoms with E-state index in [9.17, 15) is 8.42 Å². The Kier molecular flexibility index (Phi) is 4.06. The molecule has 2 aromatic rings. The van der Waals surface area contributed by atoms with Crippen LogP contribution in [0.15, 0.2) is 45.8 Å². The first-order valence-electron chi connectivity index (χ1n) is 5.95. The number of anilines is 2. The Bertz CT molecular complexity index is 758. The van der Waals surface area contributed by atoms with Crippen molar-refractivity contribution in [1.82, 2.24) is 0 Å². The number of nitrogens with two attached hydrogens (primary N) is 1. The third kappa shape index (κ3) is 3.13. The van der Waals surface area contributed by atoms with Crippen molar-refractivity contribution in [3.05, 3.63) is 52.0 Å². The zero-order chi connectivity index (χ0) is 14.9. The lowest BCUT2D eigenvalue weighted by Crippen LogP contribution is -2.15. The number of nitrogen functional groups attached to an aromatic ring is 1. The highest BCUT2D eigenvalue weighted by Gasteiger charge is 2.18. The summed E-state index contributed by atoms with van der Waals surface area (Å²) in [5, 5.41) is 0. The standard InChI is InChI=1S/C14H15BrN2O2S/c1-9-6-13(16)14(7-10(9)2)20(18,19)17-12-5-3-4-11(15)8-12/h3-8,17H,16H2,1-2H3. The van der Waals surface area contributed by atoms with Gasteiger partial charge < -0.3 is 5.73 Å². The summed E-state index contributed by atoms with van der Waals surface area (Å²) >= 11 is 3.30. The molecule has 6 heteroatoms. The second kappa shape index (κ2) is 5.46. The summed E-state index contributed by atoms with van der Waals surface area (Å²) in [6, 6.07) is 10.2. The van der Waals surface area contributed by atoms with E-state index in [0.717, 1.165) is 15.6 Å². The maximum atomic E-state index is 12.4. The summed E-state index contributed by atoms with van der Waals surface area (Å²) < 4.78 is 28.1. The minimum absolute atomic E-state index is 0.0978. The van der Waals surface area contributed by atoms with E-state index in [4.69, 9.17) is 5.73 Å². The van der Waals surface area contributed by atoms with Crippen molar-refractivity contribution in [1.29, 1.82) is 0 Å². The van der Waals surface area contributed by atoms with Gasteiger partial charge in [0.1, 0.15) is 4.90 Å². The molecule has 0 fully saturated rings. The van der Waals surface area contributed by atoms with Gasteiger partial charge in [-0.25, -0.2) is 8.42 Å². The molecule has 0 aliphatic heterocycles. The molecule has 0 aromatic heterocycles. The predicted octanol–water partition coefficient (Wildman–Crippen LogP) is 3.45. The number of halogens is 1. The molecule has 0 amide bonds. The number of sulfonamides is 1. The van der Waals surface area contributed by atoms with Crippen LogP contribution in [0.3, 0.4) is 0 Å². The van der Waals surface area contributed by atoms with Crippen LogP contribution < -0.4 is 10.5 Å². The second-order valence-corrected chi connectivity index (χ2v) is 7.16. The van der Waals surface area contributed by atoms with Gasteiger partial charge in [-0.15, -0.1) is 0 Å². The van der Waals surface area contributed by atoms with Gasteiger partial charge in [-0.2, -0.15) is 0 Å². The molecular weight excluding hydrogens is 340 g/mol. The molecule has 20 heavy (non-hydrogen) atoms. The average molecular weight is 355 g/mol. The second-order valence-electron chi connectivity index (χ2n) is 4.59. The van der Waals surface area contributed by atoms with Gasteiger partial charge in [0, 0.05) is 10.2 Å². The van der Waals surface area contributed by atoms with Crippen LogP contribution in [0.25, 0.3) is 0 Å². The summed E-state index contributed by atoms with van der Waals surface area (Å²) in [5.74, 6) is 0. The van der Waals surface area contributed by atoms with E-state index < -0.39 is 10.0 Å². The van der Waals surface area contributed by atoms with Crippen LogP contribution in [0.5, 0.6) is 0 Å². The van der Waals surface area contributed by atoms with E-state index in [0.29, 0.717) is 5.69 Å². The molecule has 0 heterocycles. The highest BCUT2D eigenvalue weighted by atomic mass is 79.9. The molecule has 2 rings (SSSR count). The molecule has 0 unspecified atom stereocenters. The van der Waals surface area contributed by atoms with Crippen LogP contribution in [-0.2, 0) is 10.0 Å². The van der Waals surface area contributed by atoms with Gasteiger partial charge in [0.25, 0.3) is 10.0 Å². The predicted molar refractivity (Wildman–Crippen MR) is 85.3 cm³/mol. The Morgan fingerprint density at radius 1 is 1.10 bits per heavy atom. The average Bonchev–Trinajstić information content (AvgIpc) is 2.33. The molecule has 3 N–H and O–H groups in total. The van der Waals surface area contributed by atoms with Gasteiger partial charge in [0.15, 0.2) is 0 Å². The molecule has 2 aromatic carbocycles. The van der Waals surface area contributed by atoms with Crippen molar-refractivity contribution >= 4 is 37.3 Å². The summed E-state index contributed by atoms with van der Waals surface area (Å²) in [5.41, 5.74) is 8.41. The quantitative estimate of drug-likeness (QED) is 0.829. The largest absolute Gasteiger partial charge is 0.398 e. The number of rotatable bonds is 3. The van der Waals surface area contributed by atoms with Crippen LogP contribution in [0.4, 0.5) is 11.4 Å². The zero-order valence-corrected chi connectivity index (χ0v) is 13.5. The molecule has 0 atom stereocenters. The van der Waals surface area contributed by atoms with Crippen molar-refractivity contribution < 1.29 is 8.42 Å².